The summed E-state index contributed by atoms with van der Waals surface area (Å²) in [5.41, 5.74) is 6.14. The van der Waals surface area contributed by atoms with Crippen LogP contribution in [0, 0.1) is 23.5 Å². The molecular formula is C21H23F2N7O5S. The van der Waals surface area contributed by atoms with Crippen LogP contribution in [-0.2, 0) is 14.9 Å². The summed E-state index contributed by atoms with van der Waals surface area (Å²) < 4.78 is 60.4. The number of ether oxygens (including phenoxy) is 1. The number of nitrogens with one attached hydrogen (secondary N) is 2. The van der Waals surface area contributed by atoms with Crippen molar-refractivity contribution in [3.05, 3.63) is 47.4 Å². The second-order valence-electron chi connectivity index (χ2n) is 7.94. The van der Waals surface area contributed by atoms with Crippen molar-refractivity contribution in [2.75, 3.05) is 24.1 Å². The molecule has 36 heavy (non-hydrogen) atoms. The highest BCUT2D eigenvalue weighted by molar-refractivity contribution is 7.87. The molecule has 2 aromatic heterocycles. The van der Waals surface area contributed by atoms with Crippen LogP contribution in [0.25, 0.3) is 11.0 Å². The molecule has 4 atom stereocenters. The topological polar surface area (TPSA) is 191 Å². The van der Waals surface area contributed by atoms with E-state index in [2.05, 4.69) is 27.1 Å². The summed E-state index contributed by atoms with van der Waals surface area (Å²) in [4.78, 5) is 8.06. The third-order valence-corrected chi connectivity index (χ3v) is 6.05. The zero-order valence-corrected chi connectivity index (χ0v) is 19.6. The molecule has 15 heteroatoms. The number of hydrogen-bond donors (Lipinski definition) is 6. The van der Waals surface area contributed by atoms with Gasteiger partial charge in [-0.05, 0) is 19.1 Å². The first kappa shape index (κ1) is 25.7. The Hall–Kier alpha value is -3.39. The molecule has 3 aromatic rings. The lowest BCUT2D eigenvalue weighted by Crippen LogP contribution is -2.42. The monoisotopic (exact) mass is 523 g/mol. The Morgan fingerprint density at radius 2 is 1.89 bits per heavy atom. The summed E-state index contributed by atoms with van der Waals surface area (Å²) >= 11 is 0. The van der Waals surface area contributed by atoms with E-state index in [1.807, 2.05) is 4.72 Å². The van der Waals surface area contributed by atoms with Gasteiger partial charge in [-0.25, -0.2) is 23.9 Å². The molecule has 0 spiro atoms. The van der Waals surface area contributed by atoms with E-state index in [9.17, 15) is 27.4 Å². The molecule has 1 aliphatic rings. The Balaban J connectivity index is 1.73. The first-order valence-corrected chi connectivity index (χ1v) is 12.2. The normalized spacial score (nSPS) is 21.9. The van der Waals surface area contributed by atoms with Crippen LogP contribution >= 0.6 is 0 Å². The summed E-state index contributed by atoms with van der Waals surface area (Å²) in [5, 5.41) is 28.9. The molecular weight excluding hydrogens is 500 g/mol. The van der Waals surface area contributed by atoms with Crippen LogP contribution in [0.15, 0.2) is 24.7 Å². The van der Waals surface area contributed by atoms with E-state index in [0.717, 1.165) is 18.5 Å². The fourth-order valence-electron chi connectivity index (χ4n) is 3.85. The number of aliphatic hydroxyl groups is 2. The van der Waals surface area contributed by atoms with Gasteiger partial charge in [0.25, 0.3) is 10.2 Å². The van der Waals surface area contributed by atoms with E-state index >= 15 is 0 Å². The van der Waals surface area contributed by atoms with Crippen LogP contribution in [0.1, 0.15) is 24.3 Å². The van der Waals surface area contributed by atoms with Crippen molar-refractivity contribution in [3.63, 3.8) is 0 Å². The lowest BCUT2D eigenvalue weighted by molar-refractivity contribution is -0.0327. The molecule has 8 N–H and O–H groups in total. The number of nitrogen functional groups attached to an aromatic ring is 1. The zero-order chi connectivity index (χ0) is 26.2. The van der Waals surface area contributed by atoms with Crippen LogP contribution in [0.2, 0.25) is 0 Å². The molecule has 12 nitrogen and oxygen atoms in total. The number of aliphatic hydroxyl groups excluding tert-OH is 2. The van der Waals surface area contributed by atoms with Gasteiger partial charge in [0.2, 0.25) is 0 Å². The smallest absolute Gasteiger partial charge is 0.274 e. The number of fused-ring (bicyclic) bond motifs is 1. The molecule has 0 bridgehead atoms. The second-order valence-corrected chi connectivity index (χ2v) is 9.32. The van der Waals surface area contributed by atoms with E-state index in [1.54, 1.807) is 6.92 Å². The first-order chi connectivity index (χ1) is 17.0. The van der Waals surface area contributed by atoms with Gasteiger partial charge in [0, 0.05) is 25.0 Å². The summed E-state index contributed by atoms with van der Waals surface area (Å²) in [5.74, 6) is 3.40. The van der Waals surface area contributed by atoms with Gasteiger partial charge in [-0.1, -0.05) is 11.8 Å². The molecule has 1 aliphatic heterocycles. The van der Waals surface area contributed by atoms with Crippen molar-refractivity contribution in [1.82, 2.24) is 19.3 Å². The number of benzene rings is 1. The summed E-state index contributed by atoms with van der Waals surface area (Å²) in [6, 6.07) is 2.24. The number of aromatic nitrogens is 3. The van der Waals surface area contributed by atoms with Crippen molar-refractivity contribution in [2.45, 2.75) is 31.5 Å². The third kappa shape index (κ3) is 5.09. The Labute approximate surface area is 204 Å². The van der Waals surface area contributed by atoms with E-state index in [4.69, 9.17) is 15.6 Å². The second kappa shape index (κ2) is 9.93. The fourth-order valence-corrected chi connectivity index (χ4v) is 4.25. The summed E-state index contributed by atoms with van der Waals surface area (Å²) in [6.45, 7) is 1.86. The van der Waals surface area contributed by atoms with Crippen molar-refractivity contribution >= 4 is 32.7 Å². The minimum absolute atomic E-state index is 0.00645. The maximum absolute atomic E-state index is 14.5. The Morgan fingerprint density at radius 3 is 2.53 bits per heavy atom. The van der Waals surface area contributed by atoms with Gasteiger partial charge in [-0.3, -0.25) is 0 Å². The zero-order valence-electron chi connectivity index (χ0n) is 18.8. The van der Waals surface area contributed by atoms with Crippen LogP contribution in [0.4, 0.5) is 20.3 Å². The summed E-state index contributed by atoms with van der Waals surface area (Å²) in [6.07, 6.45) is -2.82. The molecule has 192 valence electrons. The van der Waals surface area contributed by atoms with E-state index in [0.29, 0.717) is 6.54 Å². The molecule has 0 amide bonds. The lowest BCUT2D eigenvalue weighted by atomic mass is 10.1. The van der Waals surface area contributed by atoms with E-state index in [1.165, 1.54) is 10.8 Å². The SMILES string of the molecule is CCNc1cc(F)c(C#Cc2cn([C@@H]3O[C@H](CNS(N)(=O)=O)[C@@H](O)[C@H]3O)c3ncnc(N)c23)c(F)c1. The molecule has 4 rings (SSSR count). The lowest BCUT2D eigenvalue weighted by Gasteiger charge is -2.17. The highest BCUT2D eigenvalue weighted by Crippen LogP contribution is 2.34. The largest absolute Gasteiger partial charge is 0.387 e. The maximum Gasteiger partial charge on any atom is 0.274 e. The number of anilines is 2. The summed E-state index contributed by atoms with van der Waals surface area (Å²) in [7, 11) is -4.07. The number of hydrogen-bond acceptors (Lipinski definition) is 9. The van der Waals surface area contributed by atoms with Crippen LogP contribution in [0.3, 0.4) is 0 Å². The van der Waals surface area contributed by atoms with Crippen molar-refractivity contribution in [2.24, 2.45) is 5.14 Å². The predicted octanol–water partition coefficient (Wildman–Crippen LogP) is -0.464. The van der Waals surface area contributed by atoms with E-state index < -0.39 is 58.5 Å². The van der Waals surface area contributed by atoms with Crippen LogP contribution in [0.5, 0.6) is 0 Å². The van der Waals surface area contributed by atoms with Gasteiger partial charge in [0.15, 0.2) is 6.23 Å². The maximum atomic E-state index is 14.5. The average molecular weight is 524 g/mol. The number of nitrogens with zero attached hydrogens (tertiary/aromatic N) is 3. The minimum Gasteiger partial charge on any atom is -0.387 e. The number of nitrogens with two attached hydrogens (primary N) is 2. The molecule has 0 radical (unpaired) electrons. The van der Waals surface area contributed by atoms with Crippen LogP contribution in [-0.4, -0.2) is 64.6 Å². The highest BCUT2D eigenvalue weighted by Gasteiger charge is 2.44. The van der Waals surface area contributed by atoms with Crippen molar-refractivity contribution in [1.29, 1.82) is 0 Å². The molecule has 0 saturated carbocycles. The van der Waals surface area contributed by atoms with Crippen molar-refractivity contribution in [3.8, 4) is 11.8 Å². The highest BCUT2D eigenvalue weighted by atomic mass is 32.2. The fraction of sp³-hybridized carbons (Fsp3) is 0.333. The third-order valence-electron chi connectivity index (χ3n) is 5.48. The van der Waals surface area contributed by atoms with Gasteiger partial charge >= 0.3 is 0 Å². The first-order valence-electron chi connectivity index (χ1n) is 10.6. The Morgan fingerprint density at radius 1 is 1.19 bits per heavy atom. The number of halogens is 2. The quantitative estimate of drug-likeness (QED) is 0.232. The van der Waals surface area contributed by atoms with Gasteiger partial charge in [0.1, 0.15) is 47.7 Å². The molecule has 1 aromatic carbocycles. The molecule has 1 fully saturated rings. The standard InChI is InChI=1S/C21H23F2N7O5S/c1-2-26-11-5-13(22)12(14(23)6-11)4-3-10-8-30(20-16(10)19(24)27-9-28-20)21-18(32)17(31)15(35-21)7-29-36(25,33)34/h5-6,8-9,15,17-18,21,26,29,31-32H,2,7H2,1H3,(H2,24,27,28)(H2,25,33,34)/t15-,17-,18-,21-/m1/s1. The van der Waals surface area contributed by atoms with E-state index in [-0.39, 0.29) is 28.1 Å². The van der Waals surface area contributed by atoms with Gasteiger partial charge < -0.3 is 30.6 Å². The molecule has 0 aliphatic carbocycles. The van der Waals surface area contributed by atoms with Gasteiger partial charge in [0.05, 0.1) is 16.5 Å². The van der Waals surface area contributed by atoms with Gasteiger partial charge in [-0.2, -0.15) is 13.1 Å². The molecule has 0 unspecified atom stereocenters. The number of rotatable bonds is 6. The Bertz CT molecular complexity index is 1450. The Kier molecular flexibility index (Phi) is 7.09. The van der Waals surface area contributed by atoms with Crippen molar-refractivity contribution < 1.29 is 32.1 Å². The van der Waals surface area contributed by atoms with Gasteiger partial charge in [-0.15, -0.1) is 0 Å². The van der Waals surface area contributed by atoms with Crippen LogP contribution < -0.4 is 20.9 Å². The molecule has 1 saturated heterocycles. The molecule has 3 heterocycles. The minimum atomic E-state index is -4.07. The predicted molar refractivity (Wildman–Crippen MR) is 125 cm³/mol. The average Bonchev–Trinajstić information content (AvgIpc) is 3.30.